The summed E-state index contributed by atoms with van der Waals surface area (Å²) in [6.07, 6.45) is 2.01. The highest BCUT2D eigenvalue weighted by Gasteiger charge is 2.31. The fourth-order valence-electron chi connectivity index (χ4n) is 2.42. The number of benzene rings is 1. The molecule has 1 atom stereocenters. The van der Waals surface area contributed by atoms with Gasteiger partial charge in [-0.2, -0.15) is 0 Å². The number of hydrogen-bond acceptors (Lipinski definition) is 3. The average molecular weight is 261 g/mol. The SMILES string of the molecule is Cc1ccc(CC(=O)N2CCCC2C(N)=NO)cc1. The summed E-state index contributed by atoms with van der Waals surface area (Å²) in [5.74, 6) is 0.146. The second kappa shape index (κ2) is 5.73. The van der Waals surface area contributed by atoms with Crippen molar-refractivity contribution < 1.29 is 10.0 Å². The van der Waals surface area contributed by atoms with E-state index < -0.39 is 0 Å². The van der Waals surface area contributed by atoms with E-state index in [9.17, 15) is 4.79 Å². The monoisotopic (exact) mass is 261 g/mol. The molecule has 0 aromatic heterocycles. The Morgan fingerprint density at radius 1 is 1.47 bits per heavy atom. The Balaban J connectivity index is 2.05. The van der Waals surface area contributed by atoms with Gasteiger partial charge in [-0.3, -0.25) is 4.79 Å². The standard InChI is InChI=1S/C14H19N3O2/c1-10-4-6-11(7-5-10)9-13(18)17-8-2-3-12(17)14(15)16-19/h4-7,12,19H,2-3,8-9H2,1H3,(H2,15,16). The van der Waals surface area contributed by atoms with E-state index in [0.29, 0.717) is 13.0 Å². The molecule has 1 fully saturated rings. The number of hydrogen-bond donors (Lipinski definition) is 2. The lowest BCUT2D eigenvalue weighted by Crippen LogP contribution is -2.44. The topological polar surface area (TPSA) is 78.9 Å². The predicted octanol–water partition coefficient (Wildman–Crippen LogP) is 1.27. The smallest absolute Gasteiger partial charge is 0.227 e. The minimum absolute atomic E-state index is 0.0259. The number of carbonyl (C=O) groups is 1. The molecule has 102 valence electrons. The maximum absolute atomic E-state index is 12.3. The highest BCUT2D eigenvalue weighted by atomic mass is 16.4. The number of amides is 1. The average Bonchev–Trinajstić information content (AvgIpc) is 2.90. The van der Waals surface area contributed by atoms with Crippen molar-refractivity contribution in [2.75, 3.05) is 6.54 Å². The van der Waals surface area contributed by atoms with Crippen LogP contribution in [0, 0.1) is 6.92 Å². The number of aryl methyl sites for hydroxylation is 1. The van der Waals surface area contributed by atoms with Gasteiger partial charge in [0.15, 0.2) is 5.84 Å². The van der Waals surface area contributed by atoms with Crippen molar-refractivity contribution in [3.8, 4) is 0 Å². The molecule has 1 saturated heterocycles. The van der Waals surface area contributed by atoms with Crippen LogP contribution in [0.25, 0.3) is 0 Å². The zero-order chi connectivity index (χ0) is 13.8. The summed E-state index contributed by atoms with van der Waals surface area (Å²) in [4.78, 5) is 14.0. The van der Waals surface area contributed by atoms with Gasteiger partial charge in [0.1, 0.15) is 0 Å². The summed E-state index contributed by atoms with van der Waals surface area (Å²) in [5.41, 5.74) is 7.79. The van der Waals surface area contributed by atoms with Crippen molar-refractivity contribution in [1.82, 2.24) is 4.90 Å². The molecule has 1 aliphatic heterocycles. The molecule has 0 saturated carbocycles. The molecule has 1 aromatic rings. The lowest BCUT2D eigenvalue weighted by molar-refractivity contribution is -0.130. The van der Waals surface area contributed by atoms with Crippen LogP contribution in [0.5, 0.6) is 0 Å². The first-order chi connectivity index (χ1) is 9.11. The van der Waals surface area contributed by atoms with Crippen LogP contribution in [0.1, 0.15) is 24.0 Å². The Morgan fingerprint density at radius 2 is 2.16 bits per heavy atom. The molecule has 2 rings (SSSR count). The Kier molecular flexibility index (Phi) is 4.04. The number of likely N-dealkylation sites (tertiary alicyclic amines) is 1. The van der Waals surface area contributed by atoms with E-state index in [-0.39, 0.29) is 17.8 Å². The highest BCUT2D eigenvalue weighted by molar-refractivity contribution is 5.91. The molecule has 0 spiro atoms. The first kappa shape index (κ1) is 13.4. The van der Waals surface area contributed by atoms with Gasteiger partial charge in [-0.25, -0.2) is 0 Å². The minimum atomic E-state index is -0.261. The number of amidine groups is 1. The van der Waals surface area contributed by atoms with Crippen LogP contribution in [0.15, 0.2) is 29.4 Å². The van der Waals surface area contributed by atoms with E-state index in [0.717, 1.165) is 18.4 Å². The summed E-state index contributed by atoms with van der Waals surface area (Å²) in [5, 5.41) is 11.8. The van der Waals surface area contributed by atoms with Crippen molar-refractivity contribution in [3.05, 3.63) is 35.4 Å². The maximum atomic E-state index is 12.3. The third kappa shape index (κ3) is 3.05. The molecular weight excluding hydrogens is 242 g/mol. The fraction of sp³-hybridized carbons (Fsp3) is 0.429. The second-order valence-corrected chi connectivity index (χ2v) is 4.93. The molecule has 19 heavy (non-hydrogen) atoms. The van der Waals surface area contributed by atoms with Gasteiger partial charge in [0, 0.05) is 6.54 Å². The quantitative estimate of drug-likeness (QED) is 0.372. The van der Waals surface area contributed by atoms with Crippen molar-refractivity contribution in [2.24, 2.45) is 10.9 Å². The minimum Gasteiger partial charge on any atom is -0.409 e. The van der Waals surface area contributed by atoms with Gasteiger partial charge in [0.25, 0.3) is 0 Å². The molecule has 3 N–H and O–H groups in total. The van der Waals surface area contributed by atoms with Gasteiger partial charge < -0.3 is 15.8 Å². The largest absolute Gasteiger partial charge is 0.409 e. The van der Waals surface area contributed by atoms with Crippen molar-refractivity contribution in [2.45, 2.75) is 32.2 Å². The number of nitrogens with zero attached hydrogens (tertiary/aromatic N) is 2. The molecule has 0 aliphatic carbocycles. The summed E-state index contributed by atoms with van der Waals surface area (Å²) in [6.45, 7) is 2.69. The van der Waals surface area contributed by atoms with Gasteiger partial charge in [-0.15, -0.1) is 0 Å². The summed E-state index contributed by atoms with van der Waals surface area (Å²) in [7, 11) is 0. The normalized spacial score (nSPS) is 19.7. The van der Waals surface area contributed by atoms with E-state index in [1.165, 1.54) is 5.56 Å². The van der Waals surface area contributed by atoms with Crippen LogP contribution in [0.2, 0.25) is 0 Å². The molecule has 1 aromatic carbocycles. The van der Waals surface area contributed by atoms with Crippen LogP contribution in [-0.4, -0.2) is 34.4 Å². The van der Waals surface area contributed by atoms with Crippen molar-refractivity contribution in [1.29, 1.82) is 0 Å². The lowest BCUT2D eigenvalue weighted by atomic mass is 10.1. The molecule has 0 radical (unpaired) electrons. The van der Waals surface area contributed by atoms with Crippen molar-refractivity contribution in [3.63, 3.8) is 0 Å². The summed E-state index contributed by atoms with van der Waals surface area (Å²) < 4.78 is 0. The van der Waals surface area contributed by atoms with Crippen LogP contribution >= 0.6 is 0 Å². The van der Waals surface area contributed by atoms with Gasteiger partial charge in [-0.1, -0.05) is 35.0 Å². The lowest BCUT2D eigenvalue weighted by Gasteiger charge is -2.23. The van der Waals surface area contributed by atoms with Gasteiger partial charge in [0.2, 0.25) is 5.91 Å². The maximum Gasteiger partial charge on any atom is 0.227 e. The van der Waals surface area contributed by atoms with Gasteiger partial charge >= 0.3 is 0 Å². The Labute approximate surface area is 112 Å². The number of nitrogens with two attached hydrogens (primary N) is 1. The molecule has 1 amide bonds. The molecule has 1 heterocycles. The van der Waals surface area contributed by atoms with E-state index in [1.54, 1.807) is 4.90 Å². The Morgan fingerprint density at radius 3 is 2.79 bits per heavy atom. The van der Waals surface area contributed by atoms with Crippen LogP contribution < -0.4 is 5.73 Å². The number of oxime groups is 1. The van der Waals surface area contributed by atoms with Gasteiger partial charge in [-0.05, 0) is 25.3 Å². The zero-order valence-corrected chi connectivity index (χ0v) is 11.0. The van der Waals surface area contributed by atoms with Crippen LogP contribution in [0.4, 0.5) is 0 Å². The molecule has 1 unspecified atom stereocenters. The van der Waals surface area contributed by atoms with E-state index >= 15 is 0 Å². The summed E-state index contributed by atoms with van der Waals surface area (Å²) in [6, 6.07) is 7.65. The Bertz CT molecular complexity index is 482. The molecule has 1 aliphatic rings. The molecule has 0 bridgehead atoms. The molecule has 5 nitrogen and oxygen atoms in total. The van der Waals surface area contributed by atoms with Crippen LogP contribution in [-0.2, 0) is 11.2 Å². The van der Waals surface area contributed by atoms with Gasteiger partial charge in [0.05, 0.1) is 12.5 Å². The molecular formula is C14H19N3O2. The third-order valence-electron chi connectivity index (χ3n) is 3.51. The number of rotatable bonds is 3. The molecule has 5 heteroatoms. The third-order valence-corrected chi connectivity index (χ3v) is 3.51. The van der Waals surface area contributed by atoms with E-state index in [1.807, 2.05) is 31.2 Å². The van der Waals surface area contributed by atoms with Crippen LogP contribution in [0.3, 0.4) is 0 Å². The van der Waals surface area contributed by atoms with E-state index in [2.05, 4.69) is 5.16 Å². The first-order valence-electron chi connectivity index (χ1n) is 6.44. The fourth-order valence-corrected chi connectivity index (χ4v) is 2.42. The first-order valence-corrected chi connectivity index (χ1v) is 6.44. The highest BCUT2D eigenvalue weighted by Crippen LogP contribution is 2.19. The summed E-state index contributed by atoms with van der Waals surface area (Å²) >= 11 is 0. The number of carbonyl (C=O) groups excluding carboxylic acids is 1. The zero-order valence-electron chi connectivity index (χ0n) is 11.0. The second-order valence-electron chi connectivity index (χ2n) is 4.93. The van der Waals surface area contributed by atoms with E-state index in [4.69, 9.17) is 10.9 Å². The van der Waals surface area contributed by atoms with Crippen molar-refractivity contribution >= 4 is 11.7 Å². The predicted molar refractivity (Wildman–Crippen MR) is 73.0 cm³/mol. The Hall–Kier alpha value is -2.04.